The van der Waals surface area contributed by atoms with Crippen molar-refractivity contribution >= 4 is 35.6 Å². The SMILES string of the molecule is CN=C(NCc1nnc2ccccn12)NCC1CCN(C2CC2)C1.I. The number of aliphatic imine (C=N–C) groups is 1. The van der Waals surface area contributed by atoms with Gasteiger partial charge in [0.1, 0.15) is 0 Å². The van der Waals surface area contributed by atoms with Crippen LogP contribution in [0.2, 0.25) is 0 Å². The van der Waals surface area contributed by atoms with Crippen LogP contribution in [0.15, 0.2) is 29.4 Å². The second-order valence-corrected chi connectivity index (χ2v) is 6.73. The van der Waals surface area contributed by atoms with Crippen LogP contribution >= 0.6 is 24.0 Å². The van der Waals surface area contributed by atoms with Crippen molar-refractivity contribution in [2.24, 2.45) is 10.9 Å². The van der Waals surface area contributed by atoms with Crippen molar-refractivity contribution in [2.45, 2.75) is 31.8 Å². The molecule has 0 radical (unpaired) electrons. The molecule has 4 rings (SSSR count). The van der Waals surface area contributed by atoms with E-state index in [4.69, 9.17) is 0 Å². The standard InChI is InChI=1S/C17H25N7.HI/c1-18-17(19-10-13-7-9-23(12-13)14-5-6-14)20-11-16-22-21-15-4-2-3-8-24(15)16;/h2-4,8,13-14H,5-7,9-12H2,1H3,(H2,18,19,20);1H. The number of hydrogen-bond acceptors (Lipinski definition) is 4. The van der Waals surface area contributed by atoms with Gasteiger partial charge in [0.05, 0.1) is 6.54 Å². The van der Waals surface area contributed by atoms with Crippen LogP contribution in [0.1, 0.15) is 25.1 Å². The van der Waals surface area contributed by atoms with Crippen molar-refractivity contribution in [3.05, 3.63) is 30.2 Å². The number of nitrogens with one attached hydrogen (secondary N) is 2. The summed E-state index contributed by atoms with van der Waals surface area (Å²) in [4.78, 5) is 6.96. The molecular formula is C17H26IN7. The van der Waals surface area contributed by atoms with Crippen LogP contribution < -0.4 is 10.6 Å². The minimum absolute atomic E-state index is 0. The second-order valence-electron chi connectivity index (χ2n) is 6.73. The number of fused-ring (bicyclic) bond motifs is 1. The molecule has 1 aliphatic heterocycles. The van der Waals surface area contributed by atoms with Crippen LogP contribution in [0.25, 0.3) is 5.65 Å². The summed E-state index contributed by atoms with van der Waals surface area (Å²) in [5, 5.41) is 15.2. The van der Waals surface area contributed by atoms with Gasteiger partial charge in [-0.3, -0.25) is 9.39 Å². The molecular weight excluding hydrogens is 429 g/mol. The summed E-state index contributed by atoms with van der Waals surface area (Å²) in [6, 6.07) is 6.79. The molecule has 7 nitrogen and oxygen atoms in total. The zero-order chi connectivity index (χ0) is 16.4. The summed E-state index contributed by atoms with van der Waals surface area (Å²) < 4.78 is 1.99. The van der Waals surface area contributed by atoms with E-state index >= 15 is 0 Å². The van der Waals surface area contributed by atoms with Gasteiger partial charge in [-0.25, -0.2) is 0 Å². The lowest BCUT2D eigenvalue weighted by Gasteiger charge is -2.16. The second kappa shape index (κ2) is 8.31. The van der Waals surface area contributed by atoms with Gasteiger partial charge in [0.25, 0.3) is 0 Å². The van der Waals surface area contributed by atoms with Crippen molar-refractivity contribution < 1.29 is 0 Å². The Hall–Kier alpha value is -1.42. The topological polar surface area (TPSA) is 69.8 Å². The van der Waals surface area contributed by atoms with Gasteiger partial charge in [-0.05, 0) is 43.9 Å². The molecule has 2 aromatic heterocycles. The van der Waals surface area contributed by atoms with E-state index in [1.807, 2.05) is 35.8 Å². The summed E-state index contributed by atoms with van der Waals surface area (Å²) in [5.41, 5.74) is 0.864. The molecule has 8 heteroatoms. The van der Waals surface area contributed by atoms with E-state index in [2.05, 4.69) is 30.7 Å². The van der Waals surface area contributed by atoms with E-state index < -0.39 is 0 Å². The summed E-state index contributed by atoms with van der Waals surface area (Å²) in [6.07, 6.45) is 6.06. The Morgan fingerprint density at radius 3 is 2.92 bits per heavy atom. The Morgan fingerprint density at radius 2 is 2.12 bits per heavy atom. The lowest BCUT2D eigenvalue weighted by Crippen LogP contribution is -2.40. The van der Waals surface area contributed by atoms with Gasteiger partial charge in [-0.2, -0.15) is 0 Å². The van der Waals surface area contributed by atoms with Crippen molar-refractivity contribution in [1.82, 2.24) is 30.1 Å². The number of nitrogens with zero attached hydrogens (tertiary/aromatic N) is 5. The fourth-order valence-corrected chi connectivity index (χ4v) is 3.44. The predicted octanol–water partition coefficient (Wildman–Crippen LogP) is 1.50. The summed E-state index contributed by atoms with van der Waals surface area (Å²) in [6.45, 7) is 4.06. The number of halogens is 1. The van der Waals surface area contributed by atoms with Gasteiger partial charge >= 0.3 is 0 Å². The maximum Gasteiger partial charge on any atom is 0.191 e. The molecule has 2 fully saturated rings. The third-order valence-corrected chi connectivity index (χ3v) is 4.96. The number of rotatable bonds is 5. The molecule has 1 atom stereocenters. The molecule has 25 heavy (non-hydrogen) atoms. The van der Waals surface area contributed by atoms with E-state index in [1.165, 1.54) is 32.4 Å². The minimum atomic E-state index is 0. The molecule has 0 aromatic carbocycles. The number of hydrogen-bond donors (Lipinski definition) is 2. The fourth-order valence-electron chi connectivity index (χ4n) is 3.44. The maximum atomic E-state index is 4.32. The zero-order valence-corrected chi connectivity index (χ0v) is 16.9. The molecule has 0 bridgehead atoms. The Labute approximate surface area is 165 Å². The number of likely N-dealkylation sites (tertiary alicyclic amines) is 1. The van der Waals surface area contributed by atoms with E-state index in [-0.39, 0.29) is 24.0 Å². The highest BCUT2D eigenvalue weighted by molar-refractivity contribution is 14.0. The monoisotopic (exact) mass is 455 g/mol. The van der Waals surface area contributed by atoms with Gasteiger partial charge < -0.3 is 15.5 Å². The quantitative estimate of drug-likeness (QED) is 0.407. The zero-order valence-electron chi connectivity index (χ0n) is 14.6. The fraction of sp³-hybridized carbons (Fsp3) is 0.588. The summed E-state index contributed by atoms with van der Waals surface area (Å²) in [5.74, 6) is 2.43. The van der Waals surface area contributed by atoms with Crippen molar-refractivity contribution in [2.75, 3.05) is 26.7 Å². The van der Waals surface area contributed by atoms with Crippen LogP contribution in [-0.2, 0) is 6.54 Å². The van der Waals surface area contributed by atoms with Gasteiger partial charge in [0, 0.05) is 32.4 Å². The van der Waals surface area contributed by atoms with Crippen molar-refractivity contribution in [3.8, 4) is 0 Å². The molecule has 2 N–H and O–H groups in total. The molecule has 1 aliphatic carbocycles. The van der Waals surface area contributed by atoms with Crippen LogP contribution in [0.5, 0.6) is 0 Å². The Kier molecular flexibility index (Phi) is 6.10. The smallest absolute Gasteiger partial charge is 0.191 e. The largest absolute Gasteiger partial charge is 0.356 e. The van der Waals surface area contributed by atoms with Gasteiger partial charge in [0.15, 0.2) is 17.4 Å². The average Bonchev–Trinajstić information content (AvgIpc) is 3.22. The Bertz CT molecular complexity index is 725. The van der Waals surface area contributed by atoms with Crippen LogP contribution in [0.3, 0.4) is 0 Å². The van der Waals surface area contributed by atoms with Gasteiger partial charge in [-0.15, -0.1) is 34.2 Å². The molecule has 3 heterocycles. The molecule has 136 valence electrons. The molecule has 1 saturated carbocycles. The third kappa shape index (κ3) is 4.41. The van der Waals surface area contributed by atoms with Crippen LogP contribution in [-0.4, -0.2) is 58.2 Å². The molecule has 0 amide bonds. The predicted molar refractivity (Wildman–Crippen MR) is 109 cm³/mol. The van der Waals surface area contributed by atoms with Crippen LogP contribution in [0, 0.1) is 5.92 Å². The summed E-state index contributed by atoms with van der Waals surface area (Å²) in [7, 11) is 1.81. The van der Waals surface area contributed by atoms with Gasteiger partial charge in [0.2, 0.25) is 0 Å². The minimum Gasteiger partial charge on any atom is -0.356 e. The average molecular weight is 455 g/mol. The number of aromatic nitrogens is 3. The molecule has 1 saturated heterocycles. The summed E-state index contributed by atoms with van der Waals surface area (Å²) >= 11 is 0. The lowest BCUT2D eigenvalue weighted by molar-refractivity contribution is 0.314. The normalized spacial score (nSPS) is 21.3. The molecule has 2 aromatic rings. The first-order valence-electron chi connectivity index (χ1n) is 8.80. The van der Waals surface area contributed by atoms with Gasteiger partial charge in [-0.1, -0.05) is 6.07 Å². The lowest BCUT2D eigenvalue weighted by atomic mass is 10.1. The number of guanidine groups is 1. The molecule has 1 unspecified atom stereocenters. The van der Waals surface area contributed by atoms with E-state index in [9.17, 15) is 0 Å². The highest BCUT2D eigenvalue weighted by Crippen LogP contribution is 2.31. The third-order valence-electron chi connectivity index (χ3n) is 4.96. The van der Waals surface area contributed by atoms with E-state index in [0.717, 1.165) is 35.9 Å². The van der Waals surface area contributed by atoms with E-state index in [1.54, 1.807) is 0 Å². The first-order valence-corrected chi connectivity index (χ1v) is 8.80. The van der Waals surface area contributed by atoms with Crippen molar-refractivity contribution in [3.63, 3.8) is 0 Å². The molecule has 2 aliphatic rings. The first kappa shape index (κ1) is 18.4. The maximum absolute atomic E-state index is 4.32. The Balaban J connectivity index is 0.00000182. The number of pyridine rings is 1. The van der Waals surface area contributed by atoms with Crippen LogP contribution in [0.4, 0.5) is 0 Å². The highest BCUT2D eigenvalue weighted by atomic mass is 127. The van der Waals surface area contributed by atoms with Crippen molar-refractivity contribution in [1.29, 1.82) is 0 Å². The first-order chi connectivity index (χ1) is 11.8. The molecule has 0 spiro atoms. The highest BCUT2D eigenvalue weighted by Gasteiger charge is 2.34. The van der Waals surface area contributed by atoms with E-state index in [0.29, 0.717) is 6.54 Å². The Morgan fingerprint density at radius 1 is 1.24 bits per heavy atom.